The largest absolute Gasteiger partial charge is 0.382 e. The molecule has 0 spiro atoms. The van der Waals surface area contributed by atoms with E-state index >= 15 is 0 Å². The lowest BCUT2D eigenvalue weighted by Crippen LogP contribution is -2.37. The summed E-state index contributed by atoms with van der Waals surface area (Å²) in [5, 5.41) is 3.81. The summed E-state index contributed by atoms with van der Waals surface area (Å²) in [4.78, 5) is 0. The molecular weight excluding hydrogens is 345 g/mol. The Morgan fingerprint density at radius 3 is 2.63 bits per heavy atom. The first kappa shape index (κ1) is 15.1. The van der Waals surface area contributed by atoms with Crippen LogP contribution in [0.2, 0.25) is 0 Å². The summed E-state index contributed by atoms with van der Waals surface area (Å²) >= 11 is 2.43. The van der Waals surface area contributed by atoms with E-state index in [2.05, 4.69) is 73.8 Å². The van der Waals surface area contributed by atoms with Crippen molar-refractivity contribution >= 4 is 28.3 Å². The summed E-state index contributed by atoms with van der Waals surface area (Å²) in [6.45, 7) is 9.30. The summed E-state index contributed by atoms with van der Waals surface area (Å²) in [6, 6.07) is 7.38. The normalized spacial score (nSPS) is 27.6. The Balaban J connectivity index is 2.11. The molecule has 0 saturated heterocycles. The molecule has 2 heteroatoms. The van der Waals surface area contributed by atoms with Gasteiger partial charge in [0.05, 0.1) is 0 Å². The van der Waals surface area contributed by atoms with Gasteiger partial charge >= 0.3 is 0 Å². The molecule has 0 radical (unpaired) electrons. The van der Waals surface area contributed by atoms with E-state index in [1.54, 1.807) is 0 Å². The van der Waals surface area contributed by atoms with Crippen molar-refractivity contribution in [2.75, 3.05) is 5.32 Å². The second kappa shape index (κ2) is 6.47. The van der Waals surface area contributed by atoms with E-state index in [-0.39, 0.29) is 0 Å². The molecule has 0 bridgehead atoms. The smallest absolute Gasteiger partial charge is 0.0353 e. The molecule has 3 atom stereocenters. The minimum absolute atomic E-state index is 0.641. The minimum atomic E-state index is 0.641. The van der Waals surface area contributed by atoms with Crippen LogP contribution in [0.25, 0.3) is 0 Å². The molecule has 1 aliphatic carbocycles. The topological polar surface area (TPSA) is 12.0 Å². The SMILES string of the molecule is Cc1ccc(NC2CC(C)CCC2C(C)C)cc1I. The molecule has 0 amide bonds. The average Bonchev–Trinajstić information content (AvgIpc) is 2.33. The van der Waals surface area contributed by atoms with Gasteiger partial charge in [0, 0.05) is 15.3 Å². The summed E-state index contributed by atoms with van der Waals surface area (Å²) in [5.41, 5.74) is 2.66. The number of benzene rings is 1. The molecule has 0 aromatic heterocycles. The summed E-state index contributed by atoms with van der Waals surface area (Å²) < 4.78 is 1.35. The van der Waals surface area contributed by atoms with Gasteiger partial charge in [-0.3, -0.25) is 0 Å². The Morgan fingerprint density at radius 2 is 2.00 bits per heavy atom. The van der Waals surface area contributed by atoms with Crippen molar-refractivity contribution in [3.05, 3.63) is 27.3 Å². The third kappa shape index (κ3) is 3.87. The van der Waals surface area contributed by atoms with Crippen LogP contribution in [0.15, 0.2) is 18.2 Å². The fourth-order valence-corrected chi connectivity index (χ4v) is 3.78. The Morgan fingerprint density at radius 1 is 1.26 bits per heavy atom. The van der Waals surface area contributed by atoms with Crippen molar-refractivity contribution in [2.45, 2.75) is 53.0 Å². The first-order valence-electron chi connectivity index (χ1n) is 7.50. The van der Waals surface area contributed by atoms with Gasteiger partial charge in [-0.2, -0.15) is 0 Å². The van der Waals surface area contributed by atoms with Crippen LogP contribution in [0.5, 0.6) is 0 Å². The van der Waals surface area contributed by atoms with Crippen LogP contribution in [0.4, 0.5) is 5.69 Å². The molecule has 106 valence electrons. The molecule has 1 aromatic carbocycles. The van der Waals surface area contributed by atoms with Gasteiger partial charge in [-0.1, -0.05) is 33.3 Å². The van der Waals surface area contributed by atoms with E-state index in [1.165, 1.54) is 34.1 Å². The Labute approximate surface area is 131 Å². The van der Waals surface area contributed by atoms with Gasteiger partial charge < -0.3 is 5.32 Å². The van der Waals surface area contributed by atoms with Crippen LogP contribution >= 0.6 is 22.6 Å². The maximum absolute atomic E-state index is 3.81. The highest BCUT2D eigenvalue weighted by atomic mass is 127. The maximum atomic E-state index is 3.81. The average molecular weight is 371 g/mol. The number of anilines is 1. The third-order valence-corrected chi connectivity index (χ3v) is 5.71. The van der Waals surface area contributed by atoms with Gasteiger partial charge in [0.25, 0.3) is 0 Å². The van der Waals surface area contributed by atoms with Crippen LogP contribution in [0, 0.1) is 28.2 Å². The maximum Gasteiger partial charge on any atom is 0.0353 e. The highest BCUT2D eigenvalue weighted by molar-refractivity contribution is 14.1. The predicted molar refractivity (Wildman–Crippen MR) is 92.6 cm³/mol. The van der Waals surface area contributed by atoms with Gasteiger partial charge in [0.1, 0.15) is 0 Å². The first-order chi connectivity index (χ1) is 8.97. The summed E-state index contributed by atoms with van der Waals surface area (Å²) in [5.74, 6) is 2.45. The number of hydrogen-bond donors (Lipinski definition) is 1. The van der Waals surface area contributed by atoms with E-state index in [0.29, 0.717) is 6.04 Å². The molecule has 2 rings (SSSR count). The molecular formula is C17H26IN. The number of halogens is 1. The van der Waals surface area contributed by atoms with Crippen LogP contribution in [-0.2, 0) is 0 Å². The molecule has 1 aromatic rings. The molecule has 3 unspecified atom stereocenters. The van der Waals surface area contributed by atoms with Gasteiger partial charge in [0.2, 0.25) is 0 Å². The Kier molecular flexibility index (Phi) is 5.15. The van der Waals surface area contributed by atoms with Crippen molar-refractivity contribution in [3.63, 3.8) is 0 Å². The molecule has 1 aliphatic rings. The van der Waals surface area contributed by atoms with Gasteiger partial charge in [-0.25, -0.2) is 0 Å². The zero-order valence-corrected chi connectivity index (χ0v) is 14.7. The fourth-order valence-electron chi connectivity index (χ4n) is 3.26. The minimum Gasteiger partial charge on any atom is -0.382 e. The van der Waals surface area contributed by atoms with Gasteiger partial charge in [0.15, 0.2) is 0 Å². The summed E-state index contributed by atoms with van der Waals surface area (Å²) in [7, 11) is 0. The monoisotopic (exact) mass is 371 g/mol. The van der Waals surface area contributed by atoms with Crippen molar-refractivity contribution in [1.29, 1.82) is 0 Å². The van der Waals surface area contributed by atoms with Crippen molar-refractivity contribution in [1.82, 2.24) is 0 Å². The third-order valence-electron chi connectivity index (χ3n) is 4.55. The zero-order valence-electron chi connectivity index (χ0n) is 12.5. The van der Waals surface area contributed by atoms with E-state index in [4.69, 9.17) is 0 Å². The molecule has 1 fully saturated rings. The van der Waals surface area contributed by atoms with E-state index in [9.17, 15) is 0 Å². The fraction of sp³-hybridized carbons (Fsp3) is 0.647. The lowest BCUT2D eigenvalue weighted by Gasteiger charge is -2.38. The Hall–Kier alpha value is -0.250. The molecule has 1 N–H and O–H groups in total. The standard InChI is InChI=1S/C17H26IN/c1-11(2)15-8-5-12(3)9-17(15)19-14-7-6-13(4)16(18)10-14/h6-7,10-12,15,17,19H,5,8-9H2,1-4H3. The van der Waals surface area contributed by atoms with E-state index in [1.807, 2.05) is 0 Å². The lowest BCUT2D eigenvalue weighted by molar-refractivity contribution is 0.212. The molecule has 19 heavy (non-hydrogen) atoms. The van der Waals surface area contributed by atoms with Gasteiger partial charge in [-0.15, -0.1) is 0 Å². The molecule has 1 saturated carbocycles. The number of hydrogen-bond acceptors (Lipinski definition) is 1. The van der Waals surface area contributed by atoms with Crippen LogP contribution in [-0.4, -0.2) is 6.04 Å². The molecule has 0 heterocycles. The first-order valence-corrected chi connectivity index (χ1v) is 8.58. The molecule has 0 aliphatic heterocycles. The summed E-state index contributed by atoms with van der Waals surface area (Å²) in [6.07, 6.45) is 4.08. The van der Waals surface area contributed by atoms with Crippen LogP contribution in [0.1, 0.15) is 45.6 Å². The number of nitrogens with one attached hydrogen (secondary N) is 1. The van der Waals surface area contributed by atoms with Crippen LogP contribution in [0.3, 0.4) is 0 Å². The highest BCUT2D eigenvalue weighted by Gasteiger charge is 2.30. The van der Waals surface area contributed by atoms with Crippen LogP contribution < -0.4 is 5.32 Å². The lowest BCUT2D eigenvalue weighted by atomic mass is 9.74. The van der Waals surface area contributed by atoms with E-state index in [0.717, 1.165) is 17.8 Å². The quantitative estimate of drug-likeness (QED) is 0.695. The number of rotatable bonds is 3. The Bertz CT molecular complexity index is 427. The number of aryl methyl sites for hydroxylation is 1. The van der Waals surface area contributed by atoms with Gasteiger partial charge in [-0.05, 0) is 77.8 Å². The second-order valence-corrected chi connectivity index (χ2v) is 7.70. The zero-order chi connectivity index (χ0) is 14.0. The predicted octanol–water partition coefficient (Wildman–Crippen LogP) is 5.47. The van der Waals surface area contributed by atoms with Crippen molar-refractivity contribution < 1.29 is 0 Å². The second-order valence-electron chi connectivity index (χ2n) is 6.54. The highest BCUT2D eigenvalue weighted by Crippen LogP contribution is 2.35. The van der Waals surface area contributed by atoms with Crippen molar-refractivity contribution in [2.24, 2.45) is 17.8 Å². The van der Waals surface area contributed by atoms with Crippen molar-refractivity contribution in [3.8, 4) is 0 Å². The van der Waals surface area contributed by atoms with E-state index < -0.39 is 0 Å². The molecule has 1 nitrogen and oxygen atoms in total.